The predicted molar refractivity (Wildman–Crippen MR) is 58.0 cm³/mol. The van der Waals surface area contributed by atoms with Crippen molar-refractivity contribution >= 4 is 55.6 Å². The Kier molecular flexibility index (Phi) is 4.36. The molecule has 0 heterocycles. The van der Waals surface area contributed by atoms with Crippen LogP contribution in [0.2, 0.25) is 0 Å². The summed E-state index contributed by atoms with van der Waals surface area (Å²) >= 11 is -16.6. The zero-order valence-electron chi connectivity index (χ0n) is 8.48. The molecule has 0 bridgehead atoms. The van der Waals surface area contributed by atoms with Gasteiger partial charge in [0.2, 0.25) is 0 Å². The minimum absolute atomic E-state index is 0.578. The predicted octanol–water partition coefficient (Wildman–Crippen LogP) is -5.63. The van der Waals surface area contributed by atoms with Gasteiger partial charge in [0.05, 0.1) is 0 Å². The maximum absolute atomic E-state index is 11.1. The van der Waals surface area contributed by atoms with Gasteiger partial charge in [-0.1, -0.05) is 0 Å². The van der Waals surface area contributed by atoms with E-state index in [0.717, 1.165) is 0 Å². The van der Waals surface area contributed by atoms with E-state index in [0.29, 0.717) is 18.2 Å². The molecule has 0 radical (unpaired) electrons. The Bertz CT molecular complexity index is 507. The van der Waals surface area contributed by atoms with E-state index in [2.05, 4.69) is 0 Å². The van der Waals surface area contributed by atoms with E-state index in [-0.39, 0.29) is 0 Å². The van der Waals surface area contributed by atoms with Gasteiger partial charge >= 0.3 is 110 Å². The van der Waals surface area contributed by atoms with E-state index in [1.165, 1.54) is 0 Å². The van der Waals surface area contributed by atoms with Gasteiger partial charge in [0, 0.05) is 0 Å². The Hall–Kier alpha value is 0.0553. The number of rotatable bonds is 3. The average molecular weight is 450 g/mol. The molecule has 0 saturated carbocycles. The van der Waals surface area contributed by atoms with Crippen LogP contribution in [0.15, 0.2) is 18.2 Å². The Balaban J connectivity index is 3.65. The van der Waals surface area contributed by atoms with Crippen molar-refractivity contribution in [1.29, 1.82) is 0 Å². The van der Waals surface area contributed by atoms with Crippen LogP contribution in [0.5, 0.6) is 0 Å². The molecule has 0 aromatic heterocycles. The summed E-state index contributed by atoms with van der Waals surface area (Å²) in [6.07, 6.45) is 0. The molecule has 0 unspecified atom stereocenters. The molecule has 0 atom stereocenters. The standard InChI is InChI=1S/C6H9As3O9/c10-7(11,12)4-1-5(8(13,14)15)3-6(2-4)9(16,17)18/h1-3H,(H2,10,11,12)(H2,13,14,15)(H2,16,17,18). The molecule has 0 spiro atoms. The maximum atomic E-state index is 11.1. The van der Waals surface area contributed by atoms with Crippen LogP contribution in [0.4, 0.5) is 0 Å². The molecular formula is C6H9As3O9. The van der Waals surface area contributed by atoms with E-state index in [1.807, 2.05) is 0 Å². The second-order valence-corrected chi connectivity index (χ2v) is 13.4. The number of benzene rings is 1. The van der Waals surface area contributed by atoms with Crippen molar-refractivity contribution in [2.45, 2.75) is 0 Å². The van der Waals surface area contributed by atoms with Crippen LogP contribution in [0.3, 0.4) is 0 Å². The first-order valence-electron chi connectivity index (χ1n) is 4.15. The quantitative estimate of drug-likeness (QED) is 0.246. The summed E-state index contributed by atoms with van der Waals surface area (Å²) in [5.41, 5.74) is 0. The van der Waals surface area contributed by atoms with Crippen LogP contribution in [-0.4, -0.2) is 67.1 Å². The van der Waals surface area contributed by atoms with Crippen LogP contribution < -0.4 is 13.1 Å². The Morgan fingerprint density at radius 1 is 0.556 bits per heavy atom. The van der Waals surface area contributed by atoms with E-state index >= 15 is 0 Å². The fourth-order valence-electron chi connectivity index (χ4n) is 1.08. The molecule has 12 heteroatoms. The molecule has 0 fully saturated rings. The Labute approximate surface area is 109 Å². The van der Waals surface area contributed by atoms with Crippen molar-refractivity contribution in [2.75, 3.05) is 0 Å². The van der Waals surface area contributed by atoms with Crippen molar-refractivity contribution in [3.8, 4) is 0 Å². The van der Waals surface area contributed by atoms with Gasteiger partial charge in [0.25, 0.3) is 0 Å². The van der Waals surface area contributed by atoms with Gasteiger partial charge in [-0.15, -0.1) is 0 Å². The summed E-state index contributed by atoms with van der Waals surface area (Å²) in [4.78, 5) is 0. The first kappa shape index (κ1) is 16.1. The van der Waals surface area contributed by atoms with Crippen LogP contribution in [0, 0.1) is 0 Å². The van der Waals surface area contributed by atoms with Crippen molar-refractivity contribution < 1.29 is 35.8 Å². The van der Waals surface area contributed by atoms with Gasteiger partial charge in [-0.2, -0.15) is 0 Å². The van der Waals surface area contributed by atoms with E-state index in [1.54, 1.807) is 0 Å². The molecule has 0 aliphatic carbocycles. The molecule has 9 nitrogen and oxygen atoms in total. The van der Waals surface area contributed by atoms with Crippen LogP contribution in [-0.2, 0) is 11.2 Å². The second kappa shape index (κ2) is 4.87. The summed E-state index contributed by atoms with van der Waals surface area (Å²) in [7, 11) is 0. The topological polar surface area (TPSA) is 173 Å². The van der Waals surface area contributed by atoms with Crippen LogP contribution >= 0.6 is 0 Å². The second-order valence-electron chi connectivity index (χ2n) is 3.34. The molecule has 1 rings (SSSR count). The molecule has 0 saturated heterocycles. The van der Waals surface area contributed by atoms with Crippen molar-refractivity contribution in [1.82, 2.24) is 0 Å². The van der Waals surface area contributed by atoms with Gasteiger partial charge in [-0.3, -0.25) is 0 Å². The fourth-order valence-corrected chi connectivity index (χ4v) is 6.39. The third-order valence-electron chi connectivity index (χ3n) is 1.90. The molecule has 1 aromatic carbocycles. The van der Waals surface area contributed by atoms with Gasteiger partial charge in [0.1, 0.15) is 0 Å². The van der Waals surface area contributed by atoms with E-state index in [9.17, 15) is 11.2 Å². The molecule has 102 valence electrons. The van der Waals surface area contributed by atoms with E-state index < -0.39 is 55.6 Å². The van der Waals surface area contributed by atoms with Crippen LogP contribution in [0.25, 0.3) is 0 Å². The average Bonchev–Trinajstić information content (AvgIpc) is 2.13. The molecule has 1 aromatic rings. The molecule has 6 N–H and O–H groups in total. The zero-order valence-corrected chi connectivity index (χ0v) is 14.1. The van der Waals surface area contributed by atoms with E-state index in [4.69, 9.17) is 24.6 Å². The molecule has 18 heavy (non-hydrogen) atoms. The number of hydrogen-bond acceptors (Lipinski definition) is 3. The normalized spacial score (nSPS) is 13.7. The Morgan fingerprint density at radius 2 is 0.722 bits per heavy atom. The first-order chi connectivity index (χ1) is 7.82. The molecule has 0 aliphatic heterocycles. The third kappa shape index (κ3) is 4.03. The Morgan fingerprint density at radius 3 is 0.833 bits per heavy atom. The fraction of sp³-hybridized carbons (Fsp3) is 0. The van der Waals surface area contributed by atoms with Crippen LogP contribution in [0.1, 0.15) is 0 Å². The van der Waals surface area contributed by atoms with Crippen molar-refractivity contribution in [2.24, 2.45) is 0 Å². The third-order valence-corrected chi connectivity index (χ3v) is 7.76. The summed E-state index contributed by atoms with van der Waals surface area (Å²) in [6, 6.07) is 1.73. The minimum atomic E-state index is -5.52. The summed E-state index contributed by atoms with van der Waals surface area (Å²) < 4.78 is 84.5. The summed E-state index contributed by atoms with van der Waals surface area (Å²) in [5, 5.41) is 0. The molecule has 0 amide bonds. The SMILES string of the molecule is O=[As](O)(O)c1cc([As](=O)(O)O)cc([As](=O)(O)O)c1. The summed E-state index contributed by atoms with van der Waals surface area (Å²) in [5.74, 6) is 0. The first-order valence-corrected chi connectivity index (χ1v) is 14.3. The van der Waals surface area contributed by atoms with Gasteiger partial charge in [-0.25, -0.2) is 0 Å². The molecular weight excluding hydrogens is 441 g/mol. The van der Waals surface area contributed by atoms with Gasteiger partial charge in [-0.05, 0) is 0 Å². The monoisotopic (exact) mass is 450 g/mol. The van der Waals surface area contributed by atoms with Crippen molar-refractivity contribution in [3.05, 3.63) is 18.2 Å². The zero-order chi connectivity index (χ0) is 14.4. The number of hydrogen-bond donors (Lipinski definition) is 6. The van der Waals surface area contributed by atoms with Crippen molar-refractivity contribution in [3.63, 3.8) is 0 Å². The molecule has 0 aliphatic rings. The van der Waals surface area contributed by atoms with Gasteiger partial charge < -0.3 is 0 Å². The van der Waals surface area contributed by atoms with Gasteiger partial charge in [0.15, 0.2) is 0 Å². The summed E-state index contributed by atoms with van der Waals surface area (Å²) in [6.45, 7) is 0.